The van der Waals surface area contributed by atoms with Gasteiger partial charge in [-0.2, -0.15) is 0 Å². The zero-order chi connectivity index (χ0) is 13.2. The Balaban J connectivity index is 2.16. The first-order valence-corrected chi connectivity index (χ1v) is 6.34. The molecule has 1 aromatic heterocycles. The first-order chi connectivity index (χ1) is 9.25. The number of aliphatic imine (C=N–C) groups is 1. The molecule has 0 saturated heterocycles. The molecule has 0 spiro atoms. The lowest BCUT2D eigenvalue weighted by Gasteiger charge is -2.10. The van der Waals surface area contributed by atoms with Crippen LogP contribution in [0.15, 0.2) is 53.8 Å². The summed E-state index contributed by atoms with van der Waals surface area (Å²) in [6.45, 7) is 0.568. The van der Waals surface area contributed by atoms with Crippen molar-refractivity contribution in [2.24, 2.45) is 10.7 Å². The SMILES string of the molecule is NC1=CCN=C(c2ccc(Cl)cc2)c2ccncc21. The van der Waals surface area contributed by atoms with Crippen molar-refractivity contribution in [1.82, 2.24) is 4.98 Å². The van der Waals surface area contributed by atoms with E-state index >= 15 is 0 Å². The van der Waals surface area contributed by atoms with Gasteiger partial charge in [0.25, 0.3) is 0 Å². The van der Waals surface area contributed by atoms with Crippen LogP contribution in [-0.4, -0.2) is 17.2 Å². The normalized spacial score (nSPS) is 14.2. The van der Waals surface area contributed by atoms with Crippen LogP contribution in [-0.2, 0) is 0 Å². The summed E-state index contributed by atoms with van der Waals surface area (Å²) in [7, 11) is 0. The number of nitrogens with zero attached hydrogens (tertiary/aromatic N) is 2. The molecule has 2 aromatic rings. The van der Waals surface area contributed by atoms with E-state index in [1.165, 1.54) is 0 Å². The maximum absolute atomic E-state index is 6.04. The number of hydrogen-bond acceptors (Lipinski definition) is 3. The molecule has 2 heterocycles. The largest absolute Gasteiger partial charge is 0.398 e. The highest BCUT2D eigenvalue weighted by Crippen LogP contribution is 2.22. The minimum Gasteiger partial charge on any atom is -0.398 e. The fourth-order valence-corrected chi connectivity index (χ4v) is 2.24. The number of rotatable bonds is 1. The molecule has 19 heavy (non-hydrogen) atoms. The van der Waals surface area contributed by atoms with Gasteiger partial charge in [0.15, 0.2) is 0 Å². The number of nitrogens with two attached hydrogens (primary N) is 1. The van der Waals surface area contributed by atoms with E-state index in [9.17, 15) is 0 Å². The van der Waals surface area contributed by atoms with E-state index in [0.717, 1.165) is 28.1 Å². The lowest BCUT2D eigenvalue weighted by Crippen LogP contribution is -2.08. The van der Waals surface area contributed by atoms with Gasteiger partial charge in [0.2, 0.25) is 0 Å². The Labute approximate surface area is 116 Å². The van der Waals surface area contributed by atoms with Crippen molar-refractivity contribution in [3.63, 3.8) is 0 Å². The highest BCUT2D eigenvalue weighted by molar-refractivity contribution is 6.30. The van der Waals surface area contributed by atoms with Crippen LogP contribution in [0.2, 0.25) is 5.02 Å². The van der Waals surface area contributed by atoms with E-state index in [4.69, 9.17) is 17.3 Å². The number of fused-ring (bicyclic) bond motifs is 1. The molecule has 0 radical (unpaired) electrons. The molecule has 0 fully saturated rings. The van der Waals surface area contributed by atoms with Gasteiger partial charge in [0.1, 0.15) is 0 Å². The Hall–Kier alpha value is -2.13. The molecule has 0 unspecified atom stereocenters. The summed E-state index contributed by atoms with van der Waals surface area (Å²) >= 11 is 5.93. The minimum absolute atomic E-state index is 0.568. The van der Waals surface area contributed by atoms with E-state index in [0.29, 0.717) is 11.6 Å². The summed E-state index contributed by atoms with van der Waals surface area (Å²) in [5, 5.41) is 0.713. The molecule has 0 atom stereocenters. The van der Waals surface area contributed by atoms with Crippen LogP contribution in [0.5, 0.6) is 0 Å². The van der Waals surface area contributed by atoms with Crippen molar-refractivity contribution < 1.29 is 0 Å². The van der Waals surface area contributed by atoms with E-state index < -0.39 is 0 Å². The highest BCUT2D eigenvalue weighted by Gasteiger charge is 2.15. The molecule has 0 bridgehead atoms. The van der Waals surface area contributed by atoms with E-state index in [-0.39, 0.29) is 0 Å². The second kappa shape index (κ2) is 4.86. The Morgan fingerprint density at radius 3 is 2.63 bits per heavy atom. The predicted molar refractivity (Wildman–Crippen MR) is 78.4 cm³/mol. The molecular weight excluding hydrogens is 258 g/mol. The van der Waals surface area contributed by atoms with Crippen LogP contribution < -0.4 is 5.73 Å². The molecule has 1 aliphatic rings. The zero-order valence-corrected chi connectivity index (χ0v) is 10.9. The molecule has 0 saturated carbocycles. The summed E-state index contributed by atoms with van der Waals surface area (Å²) in [5.74, 6) is 0. The van der Waals surface area contributed by atoms with Crippen LogP contribution in [0, 0.1) is 0 Å². The fraction of sp³-hybridized carbons (Fsp3) is 0.0667. The van der Waals surface area contributed by atoms with Crippen molar-refractivity contribution in [2.45, 2.75) is 0 Å². The molecule has 4 heteroatoms. The lowest BCUT2D eigenvalue weighted by atomic mass is 9.98. The van der Waals surface area contributed by atoms with Crippen molar-refractivity contribution in [3.05, 3.63) is 70.5 Å². The van der Waals surface area contributed by atoms with Crippen LogP contribution >= 0.6 is 11.6 Å². The van der Waals surface area contributed by atoms with Gasteiger partial charge < -0.3 is 5.73 Å². The average molecular weight is 270 g/mol. The first kappa shape index (κ1) is 11.9. The molecule has 0 amide bonds. The van der Waals surface area contributed by atoms with Gasteiger partial charge in [-0.1, -0.05) is 23.7 Å². The summed E-state index contributed by atoms with van der Waals surface area (Å²) in [4.78, 5) is 8.74. The highest BCUT2D eigenvalue weighted by atomic mass is 35.5. The van der Waals surface area contributed by atoms with E-state index in [1.807, 2.05) is 36.4 Å². The molecular formula is C15H12ClN3. The molecule has 1 aliphatic heterocycles. The maximum Gasteiger partial charge on any atom is 0.0730 e. The van der Waals surface area contributed by atoms with Gasteiger partial charge in [0.05, 0.1) is 12.3 Å². The van der Waals surface area contributed by atoms with Gasteiger partial charge in [-0.05, 0) is 24.3 Å². The summed E-state index contributed by atoms with van der Waals surface area (Å²) < 4.78 is 0. The number of hydrogen-bond donors (Lipinski definition) is 1. The van der Waals surface area contributed by atoms with Crippen molar-refractivity contribution >= 4 is 23.0 Å². The number of pyridine rings is 1. The molecule has 94 valence electrons. The van der Waals surface area contributed by atoms with Crippen LogP contribution in [0.1, 0.15) is 16.7 Å². The number of benzene rings is 1. The number of halogens is 1. The molecule has 2 N–H and O–H groups in total. The quantitative estimate of drug-likeness (QED) is 0.865. The van der Waals surface area contributed by atoms with Crippen molar-refractivity contribution in [1.29, 1.82) is 0 Å². The topological polar surface area (TPSA) is 51.3 Å². The first-order valence-electron chi connectivity index (χ1n) is 5.96. The zero-order valence-electron chi connectivity index (χ0n) is 10.2. The Kier molecular flexibility index (Phi) is 3.05. The average Bonchev–Trinajstić information content (AvgIpc) is 2.60. The van der Waals surface area contributed by atoms with Crippen LogP contribution in [0.3, 0.4) is 0 Å². The van der Waals surface area contributed by atoms with Crippen molar-refractivity contribution in [2.75, 3.05) is 6.54 Å². The van der Waals surface area contributed by atoms with Gasteiger partial charge in [-0.15, -0.1) is 0 Å². The molecule has 0 aliphatic carbocycles. The Morgan fingerprint density at radius 1 is 1.05 bits per heavy atom. The Bertz CT molecular complexity index is 672. The van der Waals surface area contributed by atoms with E-state index in [2.05, 4.69) is 9.98 Å². The maximum atomic E-state index is 6.04. The monoisotopic (exact) mass is 269 g/mol. The standard InChI is InChI=1S/C15H12ClN3/c16-11-3-1-10(2-4-11)15-12-5-7-18-9-13(12)14(17)6-8-19-15/h1-7,9H,8,17H2. The van der Waals surface area contributed by atoms with Crippen molar-refractivity contribution in [3.8, 4) is 0 Å². The van der Waals surface area contributed by atoms with Gasteiger partial charge in [-0.25, -0.2) is 0 Å². The third kappa shape index (κ3) is 2.25. The summed E-state index contributed by atoms with van der Waals surface area (Å²) in [5.41, 5.74) is 10.6. The second-order valence-corrected chi connectivity index (χ2v) is 4.71. The molecule has 1 aromatic carbocycles. The summed E-state index contributed by atoms with van der Waals surface area (Å²) in [6, 6.07) is 9.60. The smallest absolute Gasteiger partial charge is 0.0730 e. The molecule has 3 nitrogen and oxygen atoms in total. The third-order valence-electron chi connectivity index (χ3n) is 3.07. The van der Waals surface area contributed by atoms with Gasteiger partial charge >= 0.3 is 0 Å². The third-order valence-corrected chi connectivity index (χ3v) is 3.32. The van der Waals surface area contributed by atoms with Gasteiger partial charge in [-0.3, -0.25) is 9.98 Å². The predicted octanol–water partition coefficient (Wildman–Crippen LogP) is 2.89. The van der Waals surface area contributed by atoms with Crippen LogP contribution in [0.25, 0.3) is 5.70 Å². The van der Waals surface area contributed by atoms with E-state index in [1.54, 1.807) is 12.4 Å². The van der Waals surface area contributed by atoms with Crippen LogP contribution in [0.4, 0.5) is 0 Å². The molecule has 3 rings (SSSR count). The second-order valence-electron chi connectivity index (χ2n) is 4.28. The van der Waals surface area contributed by atoms with Gasteiger partial charge in [0, 0.05) is 39.8 Å². The fourth-order valence-electron chi connectivity index (χ4n) is 2.12. The number of aromatic nitrogens is 1. The lowest BCUT2D eigenvalue weighted by molar-refractivity contribution is 1.25. The Morgan fingerprint density at radius 2 is 1.84 bits per heavy atom. The summed E-state index contributed by atoms with van der Waals surface area (Å²) in [6.07, 6.45) is 5.43. The minimum atomic E-state index is 0.568.